The quantitative estimate of drug-likeness (QED) is 0.204. The van der Waals surface area contributed by atoms with E-state index in [0.29, 0.717) is 11.7 Å². The van der Waals surface area contributed by atoms with Gasteiger partial charge in [-0.1, -0.05) is 31.0 Å². The summed E-state index contributed by atoms with van der Waals surface area (Å²) in [4.78, 5) is 22.6. The predicted molar refractivity (Wildman–Crippen MR) is 163 cm³/mol. The third-order valence-electron chi connectivity index (χ3n) is 8.13. The predicted octanol–water partition coefficient (Wildman–Crippen LogP) is 8.58. The molecule has 2 heterocycles. The second-order valence-electron chi connectivity index (χ2n) is 10.8. The van der Waals surface area contributed by atoms with Gasteiger partial charge < -0.3 is 14.5 Å². The van der Waals surface area contributed by atoms with Gasteiger partial charge in [-0.25, -0.2) is 13.8 Å². The highest BCUT2D eigenvalue weighted by atomic mass is 35.5. The summed E-state index contributed by atoms with van der Waals surface area (Å²) in [6, 6.07) is 12.0. The molecule has 0 atom stereocenters. The van der Waals surface area contributed by atoms with Crippen LogP contribution in [0, 0.1) is 17.6 Å². The standard InChI is InChI=1S/C32H34ClF2N3O2S/c1-5-19-6-9-23(10-7-19)38(32(39)31-29(33)28-24(34)11-12-25(35)30(28)41-31)18-22-16-20(8-13-26(22)40-4)21-14-15-36-27(17-21)37(2)3/h8,11-17,19,23H,5-7,9-10,18H2,1-4H3. The molecule has 216 valence electrons. The molecule has 1 aliphatic carbocycles. The third kappa shape index (κ3) is 5.90. The number of carbonyl (C=O) groups is 1. The maximum atomic E-state index is 14.7. The first kappa shape index (κ1) is 29.3. The maximum absolute atomic E-state index is 14.7. The Morgan fingerprint density at radius 1 is 1.05 bits per heavy atom. The number of ether oxygens (including phenoxy) is 1. The molecule has 0 unspecified atom stereocenters. The first-order valence-electron chi connectivity index (χ1n) is 13.9. The molecule has 0 radical (unpaired) electrons. The van der Waals surface area contributed by atoms with Crippen LogP contribution in [0.2, 0.25) is 5.02 Å². The monoisotopic (exact) mass is 597 g/mol. The molecule has 0 aliphatic heterocycles. The fourth-order valence-corrected chi connectivity index (χ4v) is 7.21. The van der Waals surface area contributed by atoms with Gasteiger partial charge in [0.1, 0.15) is 28.1 Å². The zero-order chi connectivity index (χ0) is 29.3. The molecule has 9 heteroatoms. The molecule has 2 aromatic heterocycles. The van der Waals surface area contributed by atoms with Gasteiger partial charge in [0.05, 0.1) is 22.2 Å². The van der Waals surface area contributed by atoms with Gasteiger partial charge >= 0.3 is 0 Å². The van der Waals surface area contributed by atoms with Gasteiger partial charge in [0.25, 0.3) is 5.91 Å². The lowest BCUT2D eigenvalue weighted by molar-refractivity contribution is 0.0591. The van der Waals surface area contributed by atoms with Crippen LogP contribution in [0.15, 0.2) is 48.7 Å². The highest BCUT2D eigenvalue weighted by Crippen LogP contribution is 2.41. The van der Waals surface area contributed by atoms with Crippen LogP contribution in [-0.2, 0) is 6.54 Å². The molecule has 0 saturated heterocycles. The molecular weight excluding hydrogens is 564 g/mol. The third-order valence-corrected chi connectivity index (χ3v) is 9.81. The molecule has 5 nitrogen and oxygen atoms in total. The topological polar surface area (TPSA) is 45.7 Å². The van der Waals surface area contributed by atoms with Crippen molar-refractivity contribution in [2.24, 2.45) is 5.92 Å². The molecule has 0 bridgehead atoms. The van der Waals surface area contributed by atoms with Gasteiger partial charge in [-0.2, -0.15) is 0 Å². The van der Waals surface area contributed by atoms with Crippen molar-refractivity contribution >= 4 is 44.7 Å². The zero-order valence-electron chi connectivity index (χ0n) is 23.7. The van der Waals surface area contributed by atoms with E-state index in [4.69, 9.17) is 16.3 Å². The average molecular weight is 598 g/mol. The smallest absolute Gasteiger partial charge is 0.266 e. The lowest BCUT2D eigenvalue weighted by Gasteiger charge is -2.37. The first-order chi connectivity index (χ1) is 19.7. The fraction of sp³-hybridized carbons (Fsp3) is 0.375. The Morgan fingerprint density at radius 3 is 2.41 bits per heavy atom. The van der Waals surface area contributed by atoms with E-state index in [-0.39, 0.29) is 38.5 Å². The van der Waals surface area contributed by atoms with Crippen LogP contribution in [-0.4, -0.2) is 43.0 Å². The summed E-state index contributed by atoms with van der Waals surface area (Å²) in [5.41, 5.74) is 2.80. The van der Waals surface area contributed by atoms with Gasteiger partial charge in [0.2, 0.25) is 0 Å². The van der Waals surface area contributed by atoms with Crippen LogP contribution < -0.4 is 9.64 Å². The van der Waals surface area contributed by atoms with Gasteiger partial charge in [-0.05, 0) is 79.1 Å². The number of benzene rings is 2. The summed E-state index contributed by atoms with van der Waals surface area (Å²) in [5.74, 6) is 0.584. The first-order valence-corrected chi connectivity index (χ1v) is 15.1. The highest BCUT2D eigenvalue weighted by molar-refractivity contribution is 7.21. The highest BCUT2D eigenvalue weighted by Gasteiger charge is 2.33. The zero-order valence-corrected chi connectivity index (χ0v) is 25.3. The minimum atomic E-state index is -0.638. The Balaban J connectivity index is 1.56. The number of hydrogen-bond donors (Lipinski definition) is 0. The largest absolute Gasteiger partial charge is 0.496 e. The molecule has 1 saturated carbocycles. The van der Waals surface area contributed by atoms with Gasteiger partial charge in [0, 0.05) is 38.4 Å². The van der Waals surface area contributed by atoms with Crippen LogP contribution in [0.5, 0.6) is 5.75 Å². The summed E-state index contributed by atoms with van der Waals surface area (Å²) in [5, 5.41) is -0.0726. The number of rotatable bonds is 8. The molecule has 41 heavy (non-hydrogen) atoms. The molecule has 0 N–H and O–H groups in total. The Hall–Kier alpha value is -3.23. The van der Waals surface area contributed by atoms with Crippen LogP contribution in [0.4, 0.5) is 14.6 Å². The normalized spacial score (nSPS) is 17.0. The minimum Gasteiger partial charge on any atom is -0.496 e. The van der Waals surface area contributed by atoms with Crippen molar-refractivity contribution < 1.29 is 18.3 Å². The summed E-state index contributed by atoms with van der Waals surface area (Å²) in [7, 11) is 5.50. The number of nitrogens with zero attached hydrogens (tertiary/aromatic N) is 3. The van der Waals surface area contributed by atoms with E-state index in [0.717, 1.165) is 78.1 Å². The Morgan fingerprint density at radius 2 is 1.76 bits per heavy atom. The Labute approximate surface area is 248 Å². The minimum absolute atomic E-state index is 0.0316. The van der Waals surface area contributed by atoms with E-state index in [1.54, 1.807) is 13.3 Å². The van der Waals surface area contributed by atoms with Crippen molar-refractivity contribution in [1.82, 2.24) is 9.88 Å². The molecule has 5 rings (SSSR count). The fourth-order valence-electron chi connectivity index (χ4n) is 5.71. The van der Waals surface area contributed by atoms with Gasteiger partial charge in [-0.15, -0.1) is 11.3 Å². The van der Waals surface area contributed by atoms with E-state index in [1.807, 2.05) is 54.2 Å². The number of hydrogen-bond acceptors (Lipinski definition) is 5. The summed E-state index contributed by atoms with van der Waals surface area (Å²) in [6.45, 7) is 2.48. The van der Waals surface area contributed by atoms with Crippen LogP contribution in [0.3, 0.4) is 0 Å². The van der Waals surface area contributed by atoms with Crippen molar-refractivity contribution in [3.05, 3.63) is 75.8 Å². The van der Waals surface area contributed by atoms with E-state index in [1.165, 1.54) is 0 Å². The lowest BCUT2D eigenvalue weighted by Crippen LogP contribution is -2.41. The second-order valence-corrected chi connectivity index (χ2v) is 12.2. The number of fused-ring (bicyclic) bond motifs is 1. The molecule has 0 spiro atoms. The number of amides is 1. The van der Waals surface area contributed by atoms with E-state index in [2.05, 4.69) is 11.9 Å². The van der Waals surface area contributed by atoms with E-state index in [9.17, 15) is 13.6 Å². The van der Waals surface area contributed by atoms with E-state index >= 15 is 0 Å². The number of thiophene rings is 1. The van der Waals surface area contributed by atoms with Gasteiger partial charge in [-0.3, -0.25) is 4.79 Å². The molecule has 4 aromatic rings. The van der Waals surface area contributed by atoms with Crippen molar-refractivity contribution in [1.29, 1.82) is 0 Å². The Kier molecular flexibility index (Phi) is 8.80. The maximum Gasteiger partial charge on any atom is 0.266 e. The number of halogens is 3. The van der Waals surface area contributed by atoms with Crippen molar-refractivity contribution in [3.8, 4) is 16.9 Å². The number of methoxy groups -OCH3 is 1. The summed E-state index contributed by atoms with van der Waals surface area (Å²) >= 11 is 7.50. The van der Waals surface area contributed by atoms with Crippen molar-refractivity contribution in [2.75, 3.05) is 26.1 Å². The summed E-state index contributed by atoms with van der Waals surface area (Å²) < 4.78 is 35.1. The molecule has 1 fully saturated rings. The van der Waals surface area contributed by atoms with Crippen molar-refractivity contribution in [3.63, 3.8) is 0 Å². The number of anilines is 1. The number of aromatic nitrogens is 1. The van der Waals surface area contributed by atoms with E-state index < -0.39 is 11.6 Å². The Bertz CT molecular complexity index is 1570. The SMILES string of the molecule is CCC1CCC(N(Cc2cc(-c3ccnc(N(C)C)c3)ccc2OC)C(=O)c2sc3c(F)ccc(F)c3c2Cl)CC1. The number of carbonyl (C=O) groups excluding carboxylic acids is 1. The van der Waals surface area contributed by atoms with Crippen LogP contribution in [0.1, 0.15) is 54.3 Å². The number of pyridine rings is 1. The molecular formula is C32H34ClF2N3O2S. The average Bonchev–Trinajstić information content (AvgIpc) is 3.35. The van der Waals surface area contributed by atoms with Crippen molar-refractivity contribution in [2.45, 2.75) is 51.6 Å². The molecule has 2 aromatic carbocycles. The lowest BCUT2D eigenvalue weighted by atomic mass is 9.83. The van der Waals surface area contributed by atoms with Crippen LogP contribution >= 0.6 is 22.9 Å². The summed E-state index contributed by atoms with van der Waals surface area (Å²) in [6.07, 6.45) is 6.64. The van der Waals surface area contributed by atoms with Crippen LogP contribution in [0.25, 0.3) is 21.2 Å². The molecule has 1 aliphatic rings. The molecule has 1 amide bonds. The second kappa shape index (κ2) is 12.3. The van der Waals surface area contributed by atoms with Gasteiger partial charge in [0.15, 0.2) is 0 Å².